The van der Waals surface area contributed by atoms with Crippen LogP contribution < -0.4 is 10.6 Å². The largest absolute Gasteiger partial charge is 0.465 e. The number of H-pyrrole nitrogens is 2. The normalized spacial score (nSPS) is 22.3. The average Bonchev–Trinajstić information content (AvgIpc) is 4.02. The van der Waals surface area contributed by atoms with Gasteiger partial charge in [0.2, 0.25) is 5.91 Å². The molecule has 0 bridgehead atoms. The van der Waals surface area contributed by atoms with Gasteiger partial charge in [0.15, 0.2) is 0 Å². The number of carbonyl (C=O) groups excluding carboxylic acids is 2. The predicted molar refractivity (Wildman–Crippen MR) is 205 cm³/mol. The number of nitrogens with zero attached hydrogens (tertiary/aromatic N) is 4. The highest BCUT2D eigenvalue weighted by atomic mass is 16.5. The zero-order chi connectivity index (χ0) is 37.8. The summed E-state index contributed by atoms with van der Waals surface area (Å²) >= 11 is 0. The van der Waals surface area contributed by atoms with E-state index in [0.29, 0.717) is 6.54 Å². The van der Waals surface area contributed by atoms with Crippen molar-refractivity contribution in [2.45, 2.75) is 89.4 Å². The highest BCUT2D eigenvalue weighted by molar-refractivity contribution is 5.80. The van der Waals surface area contributed by atoms with Gasteiger partial charge < -0.3 is 35.3 Å². The number of hydrogen-bond acceptors (Lipinski definition) is 7. The first-order valence-corrected chi connectivity index (χ1v) is 19.4. The standard InChI is InChI=1S/C41H52N8O5/c1-25(2)34(47-40(51)52)24-48-20-4-6-35(48)37-42-22-32(45-37)28-12-8-26(9-13-28)27-10-14-29(15-11-27)33-23-43-38(46-33)36-7-5-21-49(36)39(50)30-16-18-31(19-17-30)44-41(53)54-3/h8-15,22-23,25,30-31,34-36,47H,4-7,16-21,24H2,1-3H3,(H,42,45)(H,43,46)(H,44,53)(H,51,52)/t30-,31+,34-,35+,36+/m1/s1. The molecule has 0 radical (unpaired) electrons. The maximum atomic E-state index is 13.6. The van der Waals surface area contributed by atoms with Crippen molar-refractivity contribution in [2.75, 3.05) is 26.7 Å². The van der Waals surface area contributed by atoms with Crippen molar-refractivity contribution in [3.8, 4) is 33.6 Å². The third-order valence-electron chi connectivity index (χ3n) is 11.6. The molecule has 13 heteroatoms. The molecule has 2 aromatic heterocycles. The SMILES string of the molecule is COC(=O)N[C@H]1CC[C@@H](C(=O)N2CCC[C@H]2c2ncc(-c3ccc(-c4ccc(-c5cnc([C@@H]6CCCN6C[C@@H](NC(=O)O)C(C)C)[nH]5)cc4)cc3)[nH]2)CC1. The van der Waals surface area contributed by atoms with Crippen LogP contribution in [0, 0.1) is 11.8 Å². The van der Waals surface area contributed by atoms with Crippen LogP contribution in [-0.4, -0.2) is 91.8 Å². The van der Waals surface area contributed by atoms with Crippen LogP contribution in [0.1, 0.15) is 88.9 Å². The molecule has 4 heterocycles. The number of carbonyl (C=O) groups is 3. The molecule has 13 nitrogen and oxygen atoms in total. The number of aromatic amines is 2. The van der Waals surface area contributed by atoms with Gasteiger partial charge in [-0.2, -0.15) is 0 Å². The maximum absolute atomic E-state index is 13.6. The number of amides is 3. The van der Waals surface area contributed by atoms with Gasteiger partial charge in [-0.05, 0) is 86.1 Å². The van der Waals surface area contributed by atoms with Gasteiger partial charge in [-0.15, -0.1) is 0 Å². The first kappa shape index (κ1) is 37.2. The number of ether oxygens (including phenoxy) is 1. The van der Waals surface area contributed by atoms with E-state index < -0.39 is 12.2 Å². The van der Waals surface area contributed by atoms with Crippen LogP contribution in [0.4, 0.5) is 9.59 Å². The van der Waals surface area contributed by atoms with Crippen LogP contribution in [-0.2, 0) is 9.53 Å². The number of rotatable bonds is 11. The number of alkyl carbamates (subject to hydrolysis) is 1. The zero-order valence-corrected chi connectivity index (χ0v) is 31.4. The van der Waals surface area contributed by atoms with Crippen molar-refractivity contribution >= 4 is 18.1 Å². The van der Waals surface area contributed by atoms with Crippen LogP contribution in [0.2, 0.25) is 0 Å². The topological polar surface area (TPSA) is 169 Å². The Balaban J connectivity index is 0.958. The van der Waals surface area contributed by atoms with Crippen molar-refractivity contribution in [1.29, 1.82) is 0 Å². The molecular weight excluding hydrogens is 685 g/mol. The lowest BCUT2D eigenvalue weighted by Crippen LogP contribution is -2.46. The minimum Gasteiger partial charge on any atom is -0.465 e. The van der Waals surface area contributed by atoms with Crippen LogP contribution in [0.15, 0.2) is 60.9 Å². The van der Waals surface area contributed by atoms with Crippen molar-refractivity contribution in [3.05, 3.63) is 72.6 Å². The Morgan fingerprint density at radius 2 is 1.33 bits per heavy atom. The Bertz CT molecular complexity index is 1900. The summed E-state index contributed by atoms with van der Waals surface area (Å²) in [5, 5.41) is 14.9. The summed E-state index contributed by atoms with van der Waals surface area (Å²) in [5.74, 6) is 2.10. The van der Waals surface area contributed by atoms with E-state index in [9.17, 15) is 19.5 Å². The van der Waals surface area contributed by atoms with E-state index in [1.807, 2.05) is 31.1 Å². The minimum absolute atomic E-state index is 0.0314. The second kappa shape index (κ2) is 16.5. The second-order valence-electron chi connectivity index (χ2n) is 15.3. The van der Waals surface area contributed by atoms with Crippen LogP contribution >= 0.6 is 0 Å². The molecule has 1 aliphatic carbocycles. The van der Waals surface area contributed by atoms with Gasteiger partial charge in [-0.25, -0.2) is 19.6 Å². The number of imidazole rings is 2. The molecule has 3 amide bonds. The molecule has 286 valence electrons. The molecule has 3 aliphatic rings. The second-order valence-corrected chi connectivity index (χ2v) is 15.3. The molecule has 4 aromatic rings. The summed E-state index contributed by atoms with van der Waals surface area (Å²) in [5.41, 5.74) is 6.19. The van der Waals surface area contributed by atoms with E-state index in [4.69, 9.17) is 14.7 Å². The van der Waals surface area contributed by atoms with Gasteiger partial charge in [-0.1, -0.05) is 62.4 Å². The monoisotopic (exact) mass is 736 g/mol. The smallest absolute Gasteiger partial charge is 0.407 e. The molecule has 2 saturated heterocycles. The minimum atomic E-state index is -0.985. The molecule has 1 saturated carbocycles. The maximum Gasteiger partial charge on any atom is 0.407 e. The Labute approximate surface area is 316 Å². The molecule has 3 atom stereocenters. The van der Waals surface area contributed by atoms with E-state index >= 15 is 0 Å². The number of nitrogens with one attached hydrogen (secondary N) is 4. The lowest BCUT2D eigenvalue weighted by Gasteiger charge is -2.32. The summed E-state index contributed by atoms with van der Waals surface area (Å²) in [4.78, 5) is 57.5. The van der Waals surface area contributed by atoms with E-state index in [0.717, 1.165) is 110 Å². The van der Waals surface area contributed by atoms with Gasteiger partial charge in [0.25, 0.3) is 0 Å². The molecule has 0 spiro atoms. The number of aromatic nitrogens is 4. The summed E-state index contributed by atoms with van der Waals surface area (Å²) < 4.78 is 4.73. The molecule has 2 aliphatic heterocycles. The third-order valence-corrected chi connectivity index (χ3v) is 11.6. The molecule has 0 unspecified atom stereocenters. The van der Waals surface area contributed by atoms with Crippen LogP contribution in [0.3, 0.4) is 0 Å². The highest BCUT2D eigenvalue weighted by Gasteiger charge is 2.37. The van der Waals surface area contributed by atoms with Crippen LogP contribution in [0.25, 0.3) is 33.6 Å². The number of methoxy groups -OCH3 is 1. The number of hydrogen-bond donors (Lipinski definition) is 5. The number of likely N-dealkylation sites (tertiary alicyclic amines) is 2. The van der Waals surface area contributed by atoms with Gasteiger partial charge >= 0.3 is 12.2 Å². The summed E-state index contributed by atoms with van der Waals surface area (Å²) in [6, 6.07) is 16.9. The van der Waals surface area contributed by atoms with Crippen molar-refractivity contribution < 1.29 is 24.2 Å². The lowest BCUT2D eigenvalue weighted by atomic mass is 9.85. The summed E-state index contributed by atoms with van der Waals surface area (Å²) in [6.07, 6.45) is 9.29. The van der Waals surface area contributed by atoms with E-state index in [1.165, 1.54) is 7.11 Å². The highest BCUT2D eigenvalue weighted by Crippen LogP contribution is 2.37. The first-order valence-electron chi connectivity index (χ1n) is 19.4. The zero-order valence-electron chi connectivity index (χ0n) is 31.4. The quantitative estimate of drug-likeness (QED) is 0.108. The molecule has 3 fully saturated rings. The molecule has 7 rings (SSSR count). The van der Waals surface area contributed by atoms with Crippen molar-refractivity contribution in [2.24, 2.45) is 11.8 Å². The van der Waals surface area contributed by atoms with Gasteiger partial charge in [0.05, 0.1) is 43.0 Å². The number of carboxylic acid groups (broad SMARTS) is 1. The van der Waals surface area contributed by atoms with Gasteiger partial charge in [-0.3, -0.25) is 9.69 Å². The molecular formula is C41H52N8O5. The molecule has 2 aromatic carbocycles. The fourth-order valence-corrected chi connectivity index (χ4v) is 8.44. The summed E-state index contributed by atoms with van der Waals surface area (Å²) in [7, 11) is 1.37. The van der Waals surface area contributed by atoms with Crippen molar-refractivity contribution in [1.82, 2.24) is 40.4 Å². The Morgan fingerprint density at radius 1 is 0.796 bits per heavy atom. The Morgan fingerprint density at radius 3 is 1.89 bits per heavy atom. The Hall–Kier alpha value is -5.17. The average molecular weight is 737 g/mol. The van der Waals surface area contributed by atoms with Gasteiger partial charge in [0, 0.05) is 31.1 Å². The third kappa shape index (κ3) is 8.30. The lowest BCUT2D eigenvalue weighted by molar-refractivity contribution is -0.137. The van der Waals surface area contributed by atoms with Gasteiger partial charge in [0.1, 0.15) is 11.6 Å². The van der Waals surface area contributed by atoms with E-state index in [2.05, 4.69) is 74.0 Å². The summed E-state index contributed by atoms with van der Waals surface area (Å²) in [6.45, 7) is 6.40. The predicted octanol–water partition coefficient (Wildman–Crippen LogP) is 7.14. The van der Waals surface area contributed by atoms with Crippen molar-refractivity contribution in [3.63, 3.8) is 0 Å². The molecule has 5 N–H and O–H groups in total. The Kier molecular flexibility index (Phi) is 11.3. The first-order chi connectivity index (χ1) is 26.2. The molecule has 54 heavy (non-hydrogen) atoms. The van der Waals surface area contributed by atoms with E-state index in [1.54, 1.807) is 0 Å². The van der Waals surface area contributed by atoms with E-state index in [-0.39, 0.29) is 41.9 Å². The fourth-order valence-electron chi connectivity index (χ4n) is 8.44. The van der Waals surface area contributed by atoms with Crippen LogP contribution in [0.5, 0.6) is 0 Å². The fraction of sp³-hybridized carbons (Fsp3) is 0.488. The number of benzene rings is 2.